The number of benzene rings is 19. The molecule has 0 unspecified atom stereocenters. The largest absolute Gasteiger partial charge is 0.497 e. The van der Waals surface area contributed by atoms with E-state index in [2.05, 4.69) is 18.2 Å². The zero-order chi connectivity index (χ0) is 44.0. The molecule has 1 heterocycles. The SMILES string of the molecule is COc1ccc2nc3c(nc2c1)CC12c4c5c6c7c8c9c(c%10c%11c1c1c4c4c%12c5c5c6c6c8c8c%13c9c9c%10c%10c%11c%11c1c1c4c4c%12c%12c5c5c6c8c6c8c%13c9c9c%10c%10c%11c1c1c4c4c%12c5c6c5c8c9c%10c1c45)C72C3. The maximum Gasteiger partial charge on any atom is 0.121 e. The molecule has 35 rings (SSSR count). The lowest BCUT2D eigenvalue weighted by Crippen LogP contribution is -2.57. The van der Waals surface area contributed by atoms with Gasteiger partial charge in [0.25, 0.3) is 0 Å². The fourth-order valence-corrected chi connectivity index (χ4v) is 26.2. The summed E-state index contributed by atoms with van der Waals surface area (Å²) in [7, 11) is 1.79. The molecule has 2 spiro atoms. The van der Waals surface area contributed by atoms with Crippen LogP contribution in [0.15, 0.2) is 18.2 Å². The number of rotatable bonds is 1. The molecule has 74 heavy (non-hydrogen) atoms. The van der Waals surface area contributed by atoms with Crippen molar-refractivity contribution in [3.8, 4) is 5.75 Å². The summed E-state index contributed by atoms with van der Waals surface area (Å²) < 4.78 is 5.90. The first-order valence-electron chi connectivity index (χ1n) is 27.4. The van der Waals surface area contributed by atoms with E-state index in [0.29, 0.717) is 0 Å². The molecule has 0 saturated carbocycles. The van der Waals surface area contributed by atoms with Crippen LogP contribution in [-0.2, 0) is 23.7 Å². The average Bonchev–Trinajstić information content (AvgIpc) is 3.83. The lowest BCUT2D eigenvalue weighted by molar-refractivity contribution is 0.290. The van der Waals surface area contributed by atoms with E-state index < -0.39 is 0 Å². The van der Waals surface area contributed by atoms with Crippen molar-refractivity contribution in [1.29, 1.82) is 0 Å². The van der Waals surface area contributed by atoms with Crippen molar-refractivity contribution in [2.45, 2.75) is 23.7 Å². The minimum Gasteiger partial charge on any atom is -0.497 e. The summed E-state index contributed by atoms with van der Waals surface area (Å²) in [6.45, 7) is 0. The van der Waals surface area contributed by atoms with Crippen LogP contribution in [0.25, 0.3) is 302 Å². The first-order valence-corrected chi connectivity index (χ1v) is 27.4. The molecule has 0 radical (unpaired) electrons. The Hall–Kier alpha value is -9.18. The number of aromatic nitrogens is 2. The van der Waals surface area contributed by atoms with Crippen LogP contribution in [0.3, 0.4) is 0 Å². The van der Waals surface area contributed by atoms with Crippen molar-refractivity contribution in [2.24, 2.45) is 0 Å². The second kappa shape index (κ2) is 6.31. The monoisotopic (exact) mass is 906 g/mol. The minimum atomic E-state index is -0.355. The third-order valence-electron chi connectivity index (χ3n) is 26.6. The lowest BCUT2D eigenvalue weighted by Gasteiger charge is -2.56. The molecule has 0 fully saturated rings. The van der Waals surface area contributed by atoms with Gasteiger partial charge < -0.3 is 4.74 Å². The van der Waals surface area contributed by atoms with Gasteiger partial charge in [0, 0.05) is 29.7 Å². The van der Waals surface area contributed by atoms with E-state index in [1.807, 2.05) is 0 Å². The van der Waals surface area contributed by atoms with Gasteiger partial charge in [-0.2, -0.15) is 0 Å². The van der Waals surface area contributed by atoms with Crippen LogP contribution < -0.4 is 4.74 Å². The quantitative estimate of drug-likeness (QED) is 0.154. The topological polar surface area (TPSA) is 35.0 Å². The Kier molecular flexibility index (Phi) is 2.35. The number of methoxy groups -OCH3 is 1. The summed E-state index contributed by atoms with van der Waals surface area (Å²) in [4.78, 5) is 11.8. The summed E-state index contributed by atoms with van der Waals surface area (Å²) in [6, 6.07) is 6.43. The Bertz CT molecular complexity index is 7630. The Morgan fingerprint density at radius 2 is 0.446 bits per heavy atom. The van der Waals surface area contributed by atoms with Crippen molar-refractivity contribution >= 4 is 302 Å². The molecule has 0 amide bonds. The van der Waals surface area contributed by atoms with Crippen LogP contribution in [0.1, 0.15) is 33.6 Å². The number of nitrogens with zero attached hydrogens (tertiary/aromatic N) is 2. The number of ether oxygens (including phenoxy) is 1. The van der Waals surface area contributed by atoms with Gasteiger partial charge >= 0.3 is 0 Å². The van der Waals surface area contributed by atoms with Crippen molar-refractivity contribution in [3.05, 3.63) is 51.8 Å². The van der Waals surface area contributed by atoms with Crippen LogP contribution in [0.5, 0.6) is 5.75 Å². The third-order valence-corrected chi connectivity index (χ3v) is 26.6. The molecule has 0 atom stereocenters. The molecule has 3 nitrogen and oxygen atoms in total. The molecular weight excluding hydrogens is 897 g/mol. The number of fused-ring (bicyclic) bond motifs is 2. The van der Waals surface area contributed by atoms with Crippen molar-refractivity contribution < 1.29 is 4.74 Å². The summed E-state index contributed by atoms with van der Waals surface area (Å²) in [5.74, 6) is 0.854. The highest BCUT2D eigenvalue weighted by molar-refractivity contribution is 6.82. The Morgan fingerprint density at radius 1 is 0.257 bits per heavy atom. The van der Waals surface area contributed by atoms with Crippen molar-refractivity contribution in [1.82, 2.24) is 9.97 Å². The summed E-state index contributed by atoms with van der Waals surface area (Å²) >= 11 is 0. The maximum atomic E-state index is 5.90. The second-order valence-corrected chi connectivity index (χ2v) is 26.9. The first-order chi connectivity index (χ1) is 36.8. The summed E-state index contributed by atoms with van der Waals surface area (Å²) in [5.41, 5.74) is 10.6. The Labute approximate surface area is 402 Å². The highest BCUT2D eigenvalue weighted by Gasteiger charge is 2.71. The number of hydrogen-bond donors (Lipinski definition) is 0. The van der Waals surface area contributed by atoms with Gasteiger partial charge in [0.2, 0.25) is 0 Å². The van der Waals surface area contributed by atoms with Gasteiger partial charge in [-0.1, -0.05) is 0 Å². The van der Waals surface area contributed by atoms with Gasteiger partial charge in [0.05, 0.1) is 29.5 Å². The van der Waals surface area contributed by atoms with Gasteiger partial charge in [-0.25, -0.2) is 9.97 Å². The fraction of sp³-hybridized carbons (Fsp3) is 0.0704. The number of hydrogen-bond acceptors (Lipinski definition) is 3. The molecule has 30 aromatic rings. The van der Waals surface area contributed by atoms with Crippen molar-refractivity contribution in [3.63, 3.8) is 0 Å². The normalized spacial score (nSPS) is 21.9. The van der Waals surface area contributed by atoms with Gasteiger partial charge in [-0.3, -0.25) is 0 Å². The fourth-order valence-electron chi connectivity index (χ4n) is 26.2. The Morgan fingerprint density at radius 3 is 0.649 bits per heavy atom. The van der Waals surface area contributed by atoms with Crippen LogP contribution in [0, 0.1) is 0 Å². The molecule has 3 heteroatoms. The van der Waals surface area contributed by atoms with Crippen LogP contribution >= 0.6 is 0 Å². The molecule has 310 valence electrons. The highest BCUT2D eigenvalue weighted by Crippen LogP contribution is 2.85. The third kappa shape index (κ3) is 1.49. The predicted octanol–water partition coefficient (Wildman–Crippen LogP) is 18.0. The molecule has 0 N–H and O–H groups in total. The van der Waals surface area contributed by atoms with E-state index in [1.54, 1.807) is 320 Å². The molecule has 0 aliphatic heterocycles. The van der Waals surface area contributed by atoms with E-state index in [0.717, 1.165) is 29.6 Å². The molecule has 29 aromatic carbocycles. The van der Waals surface area contributed by atoms with Gasteiger partial charge in [-0.15, -0.1) is 0 Å². The second-order valence-electron chi connectivity index (χ2n) is 26.9. The van der Waals surface area contributed by atoms with E-state index in [1.165, 1.54) is 11.4 Å². The van der Waals surface area contributed by atoms with Crippen LogP contribution in [-0.4, -0.2) is 17.1 Å². The minimum absolute atomic E-state index is 0.347. The van der Waals surface area contributed by atoms with Gasteiger partial charge in [0.1, 0.15) is 5.75 Å². The summed E-state index contributed by atoms with van der Waals surface area (Å²) in [5, 5.41) is 89.0. The predicted molar refractivity (Wildman–Crippen MR) is 307 cm³/mol. The van der Waals surface area contributed by atoms with Crippen molar-refractivity contribution in [2.75, 3.05) is 7.11 Å². The maximum absolute atomic E-state index is 5.90. The van der Waals surface area contributed by atoms with E-state index in [-0.39, 0.29) is 10.8 Å². The first kappa shape index (κ1) is 27.6. The lowest BCUT2D eigenvalue weighted by atomic mass is 9.44. The van der Waals surface area contributed by atoms with E-state index >= 15 is 0 Å². The molecule has 1 aromatic heterocycles. The molecule has 5 aliphatic rings. The average molecular weight is 907 g/mol. The van der Waals surface area contributed by atoms with Gasteiger partial charge in [0.15, 0.2) is 0 Å². The zero-order valence-corrected chi connectivity index (χ0v) is 37.9. The van der Waals surface area contributed by atoms with E-state index in [4.69, 9.17) is 14.7 Å². The van der Waals surface area contributed by atoms with Crippen LogP contribution in [0.2, 0.25) is 0 Å². The standard InChI is InChI=1S/C71H10N2O/c1-74-7-2-3-8-9(4-7)73-11-6-71-68-60-52-42-32-24-16-13-12-14-18-20(16)28-34-26(18)36-30-22(14)23-15(12)19-21-17(13)25(24)33-39-29(21)35-27(19)37-31(23)41-40(30)50-44(36)54-48(34)56(46(52)38(28)32)64(68)62(54)66-58(50)59-51(41)45(37)55-49(35)57-47(39)53(43(33)42)61(60)69(71)65(57)63(55)67(59)70(66,71)5-10(11)72-8/h2-4H,5-6H2,1H3. The summed E-state index contributed by atoms with van der Waals surface area (Å²) in [6.07, 6.45) is 1.76. The highest BCUT2D eigenvalue weighted by atomic mass is 16.5. The zero-order valence-electron chi connectivity index (χ0n) is 37.9. The molecular formula is C71H10N2O. The van der Waals surface area contributed by atoms with E-state index in [9.17, 15) is 0 Å². The Balaban J connectivity index is 1.10. The molecule has 0 bridgehead atoms. The molecule has 0 saturated heterocycles. The van der Waals surface area contributed by atoms with Crippen LogP contribution in [0.4, 0.5) is 0 Å². The van der Waals surface area contributed by atoms with Gasteiger partial charge in [-0.05, 0) is 325 Å². The molecule has 5 aliphatic carbocycles. The smallest absolute Gasteiger partial charge is 0.121 e.